The zero-order valence-electron chi connectivity index (χ0n) is 15.5. The molecule has 3 N–H and O–H groups in total. The van der Waals surface area contributed by atoms with E-state index in [0.29, 0.717) is 12.8 Å². The molecule has 1 aliphatic rings. The number of piperidine rings is 1. The molecule has 7 nitrogen and oxygen atoms in total. The van der Waals surface area contributed by atoms with Gasteiger partial charge < -0.3 is 16.0 Å². The standard InChI is InChI=1S/C21H23N5O2/c27-19(25-18-8-3-6-16-5-1-2-7-17(16)18)15-23-20(28)21(9-12-22-13-10-21)26-14-4-11-24-26/h1-8,11,14,22H,9-10,12-13,15H2,(H,23,28)(H,25,27). The number of nitrogens with one attached hydrogen (secondary N) is 3. The summed E-state index contributed by atoms with van der Waals surface area (Å²) in [5.41, 5.74) is -0.0184. The monoisotopic (exact) mass is 377 g/mol. The molecule has 2 aromatic carbocycles. The van der Waals surface area contributed by atoms with Crippen molar-refractivity contribution in [1.29, 1.82) is 0 Å². The Morgan fingerprint density at radius 3 is 2.64 bits per heavy atom. The van der Waals surface area contributed by atoms with E-state index in [1.807, 2.05) is 48.5 Å². The number of nitrogens with zero attached hydrogens (tertiary/aromatic N) is 2. The largest absolute Gasteiger partial charge is 0.345 e. The van der Waals surface area contributed by atoms with E-state index in [2.05, 4.69) is 21.0 Å². The van der Waals surface area contributed by atoms with Gasteiger partial charge in [-0.15, -0.1) is 0 Å². The lowest BCUT2D eigenvalue weighted by molar-refractivity contribution is -0.133. The number of benzene rings is 2. The first-order valence-corrected chi connectivity index (χ1v) is 9.46. The summed E-state index contributed by atoms with van der Waals surface area (Å²) in [7, 11) is 0. The summed E-state index contributed by atoms with van der Waals surface area (Å²) in [4.78, 5) is 25.5. The summed E-state index contributed by atoms with van der Waals surface area (Å²) in [5.74, 6) is -0.431. The molecule has 1 fully saturated rings. The van der Waals surface area contributed by atoms with Gasteiger partial charge in [0.05, 0.1) is 6.54 Å². The van der Waals surface area contributed by atoms with Crippen LogP contribution >= 0.6 is 0 Å². The van der Waals surface area contributed by atoms with Gasteiger partial charge in [0.2, 0.25) is 11.8 Å². The third-order valence-electron chi connectivity index (χ3n) is 5.27. The maximum absolute atomic E-state index is 13.0. The third-order valence-corrected chi connectivity index (χ3v) is 5.27. The van der Waals surface area contributed by atoms with Crippen LogP contribution in [0.5, 0.6) is 0 Å². The lowest BCUT2D eigenvalue weighted by atomic mass is 9.87. The predicted octanol–water partition coefficient (Wildman–Crippen LogP) is 1.87. The van der Waals surface area contributed by atoms with Crippen LogP contribution in [0.3, 0.4) is 0 Å². The number of aromatic nitrogens is 2. The molecule has 28 heavy (non-hydrogen) atoms. The number of anilines is 1. The molecule has 2 heterocycles. The van der Waals surface area contributed by atoms with Gasteiger partial charge >= 0.3 is 0 Å². The van der Waals surface area contributed by atoms with Crippen LogP contribution in [0.25, 0.3) is 10.8 Å². The van der Waals surface area contributed by atoms with Crippen molar-refractivity contribution in [2.45, 2.75) is 18.4 Å². The van der Waals surface area contributed by atoms with E-state index in [9.17, 15) is 9.59 Å². The second-order valence-electron chi connectivity index (χ2n) is 6.99. The van der Waals surface area contributed by atoms with Crippen LogP contribution in [0.15, 0.2) is 60.9 Å². The van der Waals surface area contributed by atoms with Gasteiger partial charge in [0.1, 0.15) is 5.54 Å². The first kappa shape index (κ1) is 18.2. The van der Waals surface area contributed by atoms with Crippen molar-refractivity contribution in [3.05, 3.63) is 60.9 Å². The van der Waals surface area contributed by atoms with E-state index < -0.39 is 5.54 Å². The average molecular weight is 377 g/mol. The van der Waals surface area contributed by atoms with Crippen molar-refractivity contribution >= 4 is 28.3 Å². The Bertz CT molecular complexity index is 972. The second kappa shape index (κ2) is 7.82. The Hall–Kier alpha value is -3.19. The van der Waals surface area contributed by atoms with Gasteiger partial charge in [-0.05, 0) is 43.5 Å². The minimum atomic E-state index is -0.755. The van der Waals surface area contributed by atoms with Crippen molar-refractivity contribution in [2.75, 3.05) is 25.0 Å². The molecule has 144 valence electrons. The molecule has 1 saturated heterocycles. The average Bonchev–Trinajstić information content (AvgIpc) is 3.28. The summed E-state index contributed by atoms with van der Waals surface area (Å²) < 4.78 is 1.71. The lowest BCUT2D eigenvalue weighted by Gasteiger charge is -2.36. The van der Waals surface area contributed by atoms with Gasteiger partial charge in [-0.2, -0.15) is 5.10 Å². The molecular formula is C21H23N5O2. The molecular weight excluding hydrogens is 354 g/mol. The fourth-order valence-electron chi connectivity index (χ4n) is 3.78. The normalized spacial score (nSPS) is 15.9. The molecule has 1 aromatic heterocycles. The molecule has 0 aliphatic carbocycles. The zero-order valence-corrected chi connectivity index (χ0v) is 15.5. The van der Waals surface area contributed by atoms with Crippen molar-refractivity contribution in [2.24, 2.45) is 0 Å². The molecule has 0 spiro atoms. The molecule has 0 atom stereocenters. The first-order chi connectivity index (χ1) is 13.7. The van der Waals surface area contributed by atoms with E-state index in [1.165, 1.54) is 0 Å². The van der Waals surface area contributed by atoms with Gasteiger partial charge in [0.15, 0.2) is 0 Å². The molecule has 0 saturated carbocycles. The van der Waals surface area contributed by atoms with Crippen molar-refractivity contribution in [1.82, 2.24) is 20.4 Å². The predicted molar refractivity (Wildman–Crippen MR) is 108 cm³/mol. The van der Waals surface area contributed by atoms with E-state index >= 15 is 0 Å². The van der Waals surface area contributed by atoms with Crippen molar-refractivity contribution in [3.63, 3.8) is 0 Å². The number of carbonyl (C=O) groups is 2. The number of hydrogen-bond donors (Lipinski definition) is 3. The molecule has 7 heteroatoms. The Morgan fingerprint density at radius 2 is 1.86 bits per heavy atom. The van der Waals surface area contributed by atoms with Gasteiger partial charge in [0.25, 0.3) is 0 Å². The van der Waals surface area contributed by atoms with Crippen LogP contribution in [0.1, 0.15) is 12.8 Å². The Balaban J connectivity index is 1.44. The van der Waals surface area contributed by atoms with Crippen LogP contribution in [0.2, 0.25) is 0 Å². The summed E-state index contributed by atoms with van der Waals surface area (Å²) >= 11 is 0. The van der Waals surface area contributed by atoms with Crippen LogP contribution in [-0.4, -0.2) is 41.2 Å². The van der Waals surface area contributed by atoms with Crippen LogP contribution < -0.4 is 16.0 Å². The Labute approximate surface area is 163 Å². The highest BCUT2D eigenvalue weighted by molar-refractivity contribution is 6.03. The maximum atomic E-state index is 13.0. The van der Waals surface area contributed by atoms with Crippen LogP contribution in [0, 0.1) is 0 Å². The van der Waals surface area contributed by atoms with Crippen molar-refractivity contribution < 1.29 is 9.59 Å². The Morgan fingerprint density at radius 1 is 1.07 bits per heavy atom. The summed E-state index contributed by atoms with van der Waals surface area (Å²) in [6.45, 7) is 1.38. The highest BCUT2D eigenvalue weighted by Gasteiger charge is 2.41. The number of fused-ring (bicyclic) bond motifs is 1. The number of hydrogen-bond acceptors (Lipinski definition) is 4. The summed E-state index contributed by atoms with van der Waals surface area (Å²) in [6, 6.07) is 15.4. The molecule has 3 aromatic rings. The van der Waals surface area contributed by atoms with Gasteiger partial charge in [0, 0.05) is 23.5 Å². The number of rotatable bonds is 5. The lowest BCUT2D eigenvalue weighted by Crippen LogP contribution is -2.55. The van der Waals surface area contributed by atoms with Crippen LogP contribution in [-0.2, 0) is 15.1 Å². The van der Waals surface area contributed by atoms with E-state index in [1.54, 1.807) is 17.1 Å². The van der Waals surface area contributed by atoms with Gasteiger partial charge in [-0.3, -0.25) is 14.3 Å². The quantitative estimate of drug-likeness (QED) is 0.633. The maximum Gasteiger partial charge on any atom is 0.248 e. The molecule has 2 amide bonds. The van der Waals surface area contributed by atoms with E-state index in [-0.39, 0.29) is 18.4 Å². The van der Waals surface area contributed by atoms with E-state index in [0.717, 1.165) is 29.5 Å². The fourth-order valence-corrected chi connectivity index (χ4v) is 3.78. The van der Waals surface area contributed by atoms with Gasteiger partial charge in [-0.1, -0.05) is 36.4 Å². The highest BCUT2D eigenvalue weighted by atomic mass is 16.2. The highest BCUT2D eigenvalue weighted by Crippen LogP contribution is 2.27. The Kier molecular flexibility index (Phi) is 5.08. The smallest absolute Gasteiger partial charge is 0.248 e. The number of carbonyl (C=O) groups excluding carboxylic acids is 2. The SMILES string of the molecule is O=C(CNC(=O)C1(n2cccn2)CCNCC1)Nc1cccc2ccccc12. The molecule has 0 radical (unpaired) electrons. The topological polar surface area (TPSA) is 88.0 Å². The molecule has 1 aliphatic heterocycles. The molecule has 4 rings (SSSR count). The minimum absolute atomic E-state index is 0.0848. The summed E-state index contributed by atoms with van der Waals surface area (Å²) in [6.07, 6.45) is 4.74. The van der Waals surface area contributed by atoms with E-state index in [4.69, 9.17) is 0 Å². The number of amides is 2. The minimum Gasteiger partial charge on any atom is -0.345 e. The van der Waals surface area contributed by atoms with Crippen molar-refractivity contribution in [3.8, 4) is 0 Å². The van der Waals surface area contributed by atoms with Gasteiger partial charge in [-0.25, -0.2) is 0 Å². The molecule has 0 bridgehead atoms. The fraction of sp³-hybridized carbons (Fsp3) is 0.286. The zero-order chi connectivity index (χ0) is 19.4. The second-order valence-corrected chi connectivity index (χ2v) is 6.99. The third kappa shape index (κ3) is 3.48. The molecule has 0 unspecified atom stereocenters. The van der Waals surface area contributed by atoms with Crippen LogP contribution in [0.4, 0.5) is 5.69 Å². The summed E-state index contributed by atoms with van der Waals surface area (Å²) in [5, 5.41) is 15.3. The first-order valence-electron chi connectivity index (χ1n) is 9.46.